The first-order valence-electron chi connectivity index (χ1n) is 12.5. The molecular weight excluding hydrogens is 474 g/mol. The number of aromatic amines is 1. The number of hydrogen-bond donors (Lipinski definition) is 1. The average Bonchev–Trinajstić information content (AvgIpc) is 3.47. The van der Waals surface area contributed by atoms with Crippen molar-refractivity contribution in [1.82, 2.24) is 14.8 Å². The molecule has 0 aliphatic carbocycles. The SMILES string of the molecule is CC(C)(C)OC(=O)CCN1CC(=O)N2[C@H](c3ccc4c(c3)OCO4)c3[nH]c4ccccc4c3C[C@@H]2C1=O. The number of rotatable bonds is 4. The Kier molecular flexibility index (Phi) is 5.40. The lowest BCUT2D eigenvalue weighted by molar-refractivity contribution is -0.161. The number of carbonyl (C=O) groups is 3. The fraction of sp³-hybridized carbons (Fsp3) is 0.393. The van der Waals surface area contributed by atoms with E-state index in [4.69, 9.17) is 14.2 Å². The summed E-state index contributed by atoms with van der Waals surface area (Å²) < 4.78 is 16.5. The molecule has 2 atom stereocenters. The van der Waals surface area contributed by atoms with Gasteiger partial charge in [-0.1, -0.05) is 24.3 Å². The molecule has 192 valence electrons. The molecule has 0 saturated carbocycles. The molecule has 37 heavy (non-hydrogen) atoms. The van der Waals surface area contributed by atoms with Gasteiger partial charge in [-0.3, -0.25) is 14.4 Å². The summed E-state index contributed by atoms with van der Waals surface area (Å²) in [7, 11) is 0. The Morgan fingerprint density at radius 1 is 1.11 bits per heavy atom. The predicted molar refractivity (Wildman–Crippen MR) is 134 cm³/mol. The Labute approximate surface area is 214 Å². The van der Waals surface area contributed by atoms with Gasteiger partial charge in [0.2, 0.25) is 18.6 Å². The van der Waals surface area contributed by atoms with Gasteiger partial charge in [0.1, 0.15) is 11.6 Å². The number of para-hydroxylation sites is 1. The van der Waals surface area contributed by atoms with Crippen LogP contribution in [0, 0.1) is 0 Å². The maximum atomic E-state index is 13.8. The van der Waals surface area contributed by atoms with Crippen molar-refractivity contribution in [2.45, 2.75) is 51.3 Å². The number of nitrogens with zero attached hydrogens (tertiary/aromatic N) is 2. The molecule has 0 bridgehead atoms. The number of amides is 2. The van der Waals surface area contributed by atoms with Crippen LogP contribution in [0.1, 0.15) is 50.1 Å². The van der Waals surface area contributed by atoms with Crippen molar-refractivity contribution >= 4 is 28.7 Å². The number of carbonyl (C=O) groups excluding carboxylic acids is 3. The highest BCUT2D eigenvalue weighted by Crippen LogP contribution is 2.44. The molecule has 1 N–H and O–H groups in total. The van der Waals surface area contributed by atoms with Crippen molar-refractivity contribution in [2.75, 3.05) is 19.9 Å². The highest BCUT2D eigenvalue weighted by molar-refractivity contribution is 5.97. The van der Waals surface area contributed by atoms with Gasteiger partial charge < -0.3 is 29.0 Å². The third kappa shape index (κ3) is 4.08. The van der Waals surface area contributed by atoms with Crippen LogP contribution < -0.4 is 9.47 Å². The van der Waals surface area contributed by atoms with Gasteiger partial charge in [0, 0.05) is 29.6 Å². The smallest absolute Gasteiger partial charge is 0.308 e. The lowest BCUT2D eigenvalue weighted by Crippen LogP contribution is -2.63. The minimum absolute atomic E-state index is 0.0347. The fourth-order valence-electron chi connectivity index (χ4n) is 5.56. The molecule has 1 fully saturated rings. The third-order valence-corrected chi connectivity index (χ3v) is 7.06. The average molecular weight is 504 g/mol. The quantitative estimate of drug-likeness (QED) is 0.549. The van der Waals surface area contributed by atoms with Gasteiger partial charge in [-0.2, -0.15) is 0 Å². The summed E-state index contributed by atoms with van der Waals surface area (Å²) >= 11 is 0. The van der Waals surface area contributed by atoms with Gasteiger partial charge in [-0.15, -0.1) is 0 Å². The number of aromatic nitrogens is 1. The van der Waals surface area contributed by atoms with Crippen molar-refractivity contribution < 1.29 is 28.6 Å². The number of fused-ring (bicyclic) bond motifs is 5. The first-order chi connectivity index (χ1) is 17.7. The molecule has 9 nitrogen and oxygen atoms in total. The zero-order chi connectivity index (χ0) is 25.9. The van der Waals surface area contributed by atoms with Gasteiger partial charge in [0.05, 0.1) is 19.0 Å². The van der Waals surface area contributed by atoms with E-state index in [2.05, 4.69) is 4.98 Å². The van der Waals surface area contributed by atoms with Crippen molar-refractivity contribution in [3.05, 3.63) is 59.3 Å². The van der Waals surface area contributed by atoms with Gasteiger partial charge in [-0.25, -0.2) is 0 Å². The maximum absolute atomic E-state index is 13.8. The molecule has 9 heteroatoms. The molecular formula is C28H29N3O6. The highest BCUT2D eigenvalue weighted by atomic mass is 16.7. The topological polar surface area (TPSA) is 101 Å². The second-order valence-corrected chi connectivity index (χ2v) is 10.7. The van der Waals surface area contributed by atoms with Gasteiger partial charge in [0.15, 0.2) is 11.5 Å². The molecule has 0 spiro atoms. The van der Waals surface area contributed by atoms with E-state index in [-0.39, 0.29) is 38.1 Å². The first kappa shape index (κ1) is 23.4. The van der Waals surface area contributed by atoms with Crippen LogP contribution in [0.15, 0.2) is 42.5 Å². The summed E-state index contributed by atoms with van der Waals surface area (Å²) in [5.74, 6) is 0.552. The van der Waals surface area contributed by atoms with Crippen LogP contribution in [-0.4, -0.2) is 64.1 Å². The van der Waals surface area contributed by atoms with Crippen LogP contribution in [0.3, 0.4) is 0 Å². The Hall–Kier alpha value is -4.01. The van der Waals surface area contributed by atoms with E-state index in [1.165, 1.54) is 4.90 Å². The van der Waals surface area contributed by atoms with Crippen molar-refractivity contribution in [3.63, 3.8) is 0 Å². The van der Waals surface area contributed by atoms with E-state index in [0.29, 0.717) is 17.9 Å². The first-order valence-corrected chi connectivity index (χ1v) is 12.5. The molecule has 1 aromatic heterocycles. The molecule has 3 aromatic rings. The minimum atomic E-state index is -0.679. The second-order valence-electron chi connectivity index (χ2n) is 10.7. The van der Waals surface area contributed by atoms with E-state index in [1.54, 1.807) is 25.7 Å². The zero-order valence-corrected chi connectivity index (χ0v) is 21.1. The van der Waals surface area contributed by atoms with Gasteiger partial charge in [0.25, 0.3) is 0 Å². The minimum Gasteiger partial charge on any atom is -0.460 e. The van der Waals surface area contributed by atoms with Crippen LogP contribution in [0.5, 0.6) is 11.5 Å². The molecule has 0 unspecified atom stereocenters. The summed E-state index contributed by atoms with van der Waals surface area (Å²) in [6, 6.07) is 12.4. The Bertz CT molecular complexity index is 1420. The Morgan fingerprint density at radius 2 is 1.89 bits per heavy atom. The van der Waals surface area contributed by atoms with E-state index in [1.807, 2.05) is 42.5 Å². The summed E-state index contributed by atoms with van der Waals surface area (Å²) in [5.41, 5.74) is 3.11. The van der Waals surface area contributed by atoms with Crippen LogP contribution in [0.25, 0.3) is 10.9 Å². The standard InChI is InChI=1S/C28H29N3O6/c1-28(2,3)37-24(33)10-11-30-14-23(32)31-20(27(30)34)13-18-17-6-4-5-7-19(17)29-25(18)26(31)16-8-9-21-22(12-16)36-15-35-21/h4-9,12,20,26,29H,10-11,13-15H2,1-3H3/t20-,26-/m1/s1. The van der Waals surface area contributed by atoms with Crippen LogP contribution in [0.4, 0.5) is 0 Å². The third-order valence-electron chi connectivity index (χ3n) is 7.06. The lowest BCUT2D eigenvalue weighted by atomic mass is 9.86. The van der Waals surface area contributed by atoms with Crippen molar-refractivity contribution in [1.29, 1.82) is 0 Å². The van der Waals surface area contributed by atoms with E-state index in [9.17, 15) is 14.4 Å². The normalized spacial score (nSPS) is 20.7. The lowest BCUT2D eigenvalue weighted by Gasteiger charge is -2.47. The molecule has 3 aliphatic heterocycles. The molecule has 6 rings (SSSR count). The number of esters is 1. The Balaban J connectivity index is 1.37. The fourth-order valence-corrected chi connectivity index (χ4v) is 5.56. The van der Waals surface area contributed by atoms with Crippen LogP contribution in [0.2, 0.25) is 0 Å². The molecule has 2 aromatic carbocycles. The van der Waals surface area contributed by atoms with Crippen molar-refractivity contribution in [2.24, 2.45) is 0 Å². The van der Waals surface area contributed by atoms with Crippen LogP contribution >= 0.6 is 0 Å². The number of H-pyrrole nitrogens is 1. The maximum Gasteiger partial charge on any atom is 0.308 e. The summed E-state index contributed by atoms with van der Waals surface area (Å²) in [6.45, 7) is 5.60. The largest absolute Gasteiger partial charge is 0.460 e. The summed E-state index contributed by atoms with van der Waals surface area (Å²) in [6.07, 6.45) is 0.431. The number of benzene rings is 2. The number of nitrogens with one attached hydrogen (secondary N) is 1. The molecule has 2 amide bonds. The summed E-state index contributed by atoms with van der Waals surface area (Å²) in [5, 5.41) is 1.04. The van der Waals surface area contributed by atoms with Gasteiger partial charge >= 0.3 is 5.97 Å². The van der Waals surface area contributed by atoms with E-state index in [0.717, 1.165) is 27.7 Å². The highest BCUT2D eigenvalue weighted by Gasteiger charge is 2.48. The van der Waals surface area contributed by atoms with Crippen LogP contribution in [-0.2, 0) is 25.5 Å². The molecule has 0 radical (unpaired) electrons. The number of ether oxygens (including phenoxy) is 3. The number of hydrogen-bond acceptors (Lipinski definition) is 6. The van der Waals surface area contributed by atoms with Crippen molar-refractivity contribution in [3.8, 4) is 11.5 Å². The van der Waals surface area contributed by atoms with E-state index >= 15 is 0 Å². The molecule has 4 heterocycles. The molecule has 3 aliphatic rings. The predicted octanol–water partition coefficient (Wildman–Crippen LogP) is 3.31. The van der Waals surface area contributed by atoms with Gasteiger partial charge in [-0.05, 0) is 50.1 Å². The number of piperazine rings is 1. The van der Waals surface area contributed by atoms with E-state index < -0.39 is 23.7 Å². The zero-order valence-electron chi connectivity index (χ0n) is 21.1. The monoisotopic (exact) mass is 503 g/mol. The summed E-state index contributed by atoms with van der Waals surface area (Å²) in [4.78, 5) is 46.4. The second kappa shape index (κ2) is 8.54. The Morgan fingerprint density at radius 3 is 2.70 bits per heavy atom. The molecule has 1 saturated heterocycles.